The third-order valence-corrected chi connectivity index (χ3v) is 6.51. The van der Waals surface area contributed by atoms with Gasteiger partial charge in [0.1, 0.15) is 0 Å². The molecule has 0 atom stereocenters. The van der Waals surface area contributed by atoms with E-state index in [-0.39, 0.29) is 17.7 Å². The van der Waals surface area contributed by atoms with Gasteiger partial charge in [0.15, 0.2) is 5.17 Å². The number of nitrogens with one attached hydrogen (secondary N) is 2. The maximum Gasteiger partial charge on any atom is 0.264 e. The maximum atomic E-state index is 12.4. The van der Waals surface area contributed by atoms with Crippen LogP contribution in [0, 0.1) is 5.92 Å². The van der Waals surface area contributed by atoms with Crippen LogP contribution in [-0.2, 0) is 9.59 Å². The van der Waals surface area contributed by atoms with Gasteiger partial charge in [-0.25, -0.2) is 9.51 Å². The molecule has 9 heteroatoms. The van der Waals surface area contributed by atoms with E-state index in [4.69, 9.17) is 11.6 Å². The molecule has 1 saturated heterocycles. The number of hydrogen-bond acceptors (Lipinski definition) is 5. The van der Waals surface area contributed by atoms with Gasteiger partial charge in [-0.1, -0.05) is 18.0 Å². The summed E-state index contributed by atoms with van der Waals surface area (Å²) in [5.41, 5.74) is 2.96. The van der Waals surface area contributed by atoms with Crippen molar-refractivity contribution in [1.29, 1.82) is 0 Å². The molecule has 2 amide bonds. The lowest BCUT2D eigenvalue weighted by Gasteiger charge is -2.24. The van der Waals surface area contributed by atoms with Crippen LogP contribution in [0.15, 0.2) is 58.7 Å². The smallest absolute Gasteiger partial charge is 0.264 e. The highest BCUT2D eigenvalue weighted by molar-refractivity contribution is 8.18. The van der Waals surface area contributed by atoms with Crippen molar-refractivity contribution < 1.29 is 9.59 Å². The zero-order valence-corrected chi connectivity index (χ0v) is 17.9. The number of pyridine rings is 1. The zero-order chi connectivity index (χ0) is 21.4. The van der Waals surface area contributed by atoms with Crippen LogP contribution in [0.1, 0.15) is 24.8 Å². The predicted octanol–water partition coefficient (Wildman–Crippen LogP) is 4.62. The Labute approximate surface area is 187 Å². The van der Waals surface area contributed by atoms with Gasteiger partial charge in [-0.2, -0.15) is 5.10 Å². The first-order valence-electron chi connectivity index (χ1n) is 9.88. The summed E-state index contributed by atoms with van der Waals surface area (Å²) in [6, 6.07) is 10.9. The van der Waals surface area contributed by atoms with E-state index in [9.17, 15) is 9.59 Å². The molecule has 2 N–H and O–H groups in total. The number of aliphatic imine (C=N–C) groups is 1. The van der Waals surface area contributed by atoms with Gasteiger partial charge >= 0.3 is 0 Å². The summed E-state index contributed by atoms with van der Waals surface area (Å²) in [4.78, 5) is 29.7. The monoisotopic (exact) mass is 451 g/mol. The Morgan fingerprint density at radius 2 is 2.16 bits per heavy atom. The van der Waals surface area contributed by atoms with Crippen LogP contribution >= 0.6 is 23.4 Å². The molecule has 1 aliphatic heterocycles. The van der Waals surface area contributed by atoms with Crippen LogP contribution in [0.5, 0.6) is 0 Å². The van der Waals surface area contributed by atoms with Gasteiger partial charge in [-0.05, 0) is 72.6 Å². The lowest BCUT2D eigenvalue weighted by Crippen LogP contribution is -2.27. The number of nitrogens with zero attached hydrogens (tertiary/aromatic N) is 3. The van der Waals surface area contributed by atoms with Crippen LogP contribution < -0.4 is 10.6 Å². The standard InChI is InChI=1S/C22H18ClN5O2S/c23-17-5-4-15(25-20(29)14-2-1-3-14)12-18(17)26-22-27-21(30)19(31-22)11-13-7-9-28-16(10-13)6-8-24-28/h4-12,14H,1-3H2,(H,25,29)(H,26,27,30). The van der Waals surface area contributed by atoms with E-state index in [0.717, 1.165) is 30.3 Å². The topological polar surface area (TPSA) is 87.9 Å². The molecular formula is C22H18ClN5O2S. The number of carbonyl (C=O) groups excluding carboxylic acids is 2. The summed E-state index contributed by atoms with van der Waals surface area (Å²) in [5, 5.41) is 10.7. The van der Waals surface area contributed by atoms with Gasteiger partial charge in [0.25, 0.3) is 5.91 Å². The highest BCUT2D eigenvalue weighted by Crippen LogP contribution is 2.34. The Kier molecular flexibility index (Phi) is 5.25. The summed E-state index contributed by atoms with van der Waals surface area (Å²) in [6.45, 7) is 0. The minimum atomic E-state index is -0.220. The number of amides is 2. The van der Waals surface area contributed by atoms with Gasteiger partial charge in [0, 0.05) is 24.0 Å². The lowest BCUT2D eigenvalue weighted by molar-refractivity contribution is -0.122. The fourth-order valence-corrected chi connectivity index (χ4v) is 4.36. The molecule has 0 unspecified atom stereocenters. The molecule has 2 aliphatic rings. The van der Waals surface area contributed by atoms with Gasteiger partial charge in [0.05, 0.1) is 21.1 Å². The number of carbonyl (C=O) groups is 2. The van der Waals surface area contributed by atoms with Crippen LogP contribution in [0.2, 0.25) is 5.02 Å². The van der Waals surface area contributed by atoms with Crippen molar-refractivity contribution in [1.82, 2.24) is 14.9 Å². The molecule has 1 saturated carbocycles. The maximum absolute atomic E-state index is 12.4. The van der Waals surface area contributed by atoms with E-state index >= 15 is 0 Å². The number of benzene rings is 1. The highest BCUT2D eigenvalue weighted by Gasteiger charge is 2.26. The second-order valence-corrected chi connectivity index (χ2v) is 8.86. The molecule has 7 nitrogen and oxygen atoms in total. The molecule has 0 bridgehead atoms. The first kappa shape index (κ1) is 19.8. The molecule has 3 aromatic rings. The van der Waals surface area contributed by atoms with Crippen LogP contribution in [-0.4, -0.2) is 26.6 Å². The number of anilines is 1. The summed E-state index contributed by atoms with van der Waals surface area (Å²) in [7, 11) is 0. The second kappa shape index (κ2) is 8.20. The number of halogens is 1. The third kappa shape index (κ3) is 4.22. The molecule has 3 heterocycles. The van der Waals surface area contributed by atoms with E-state index < -0.39 is 0 Å². The van der Waals surface area contributed by atoms with E-state index in [1.807, 2.05) is 30.5 Å². The minimum Gasteiger partial charge on any atom is -0.326 e. The number of amidine groups is 1. The normalized spacial score (nSPS) is 19.1. The SMILES string of the molecule is O=C1NC(=Nc2cc(NC(=O)C3CCC3)ccc2Cl)SC1=Cc1ccn2nccc2c1. The van der Waals surface area contributed by atoms with Crippen molar-refractivity contribution in [2.45, 2.75) is 19.3 Å². The van der Waals surface area contributed by atoms with Gasteiger partial charge in [0.2, 0.25) is 5.91 Å². The summed E-state index contributed by atoms with van der Waals surface area (Å²) in [6.07, 6.45) is 8.34. The zero-order valence-electron chi connectivity index (χ0n) is 16.3. The van der Waals surface area contributed by atoms with Gasteiger partial charge < -0.3 is 10.6 Å². The van der Waals surface area contributed by atoms with Gasteiger partial charge in [-0.15, -0.1) is 0 Å². The van der Waals surface area contributed by atoms with Crippen molar-refractivity contribution in [3.63, 3.8) is 0 Å². The number of fused-ring (bicyclic) bond motifs is 1. The molecule has 5 rings (SSSR count). The van der Waals surface area contributed by atoms with Crippen molar-refractivity contribution >= 4 is 63.3 Å². The fourth-order valence-electron chi connectivity index (χ4n) is 3.36. The average molecular weight is 452 g/mol. The average Bonchev–Trinajstić information content (AvgIpc) is 3.29. The van der Waals surface area contributed by atoms with Gasteiger partial charge in [-0.3, -0.25) is 9.59 Å². The summed E-state index contributed by atoms with van der Waals surface area (Å²) in [5.74, 6) is -0.108. The number of hydrogen-bond donors (Lipinski definition) is 2. The van der Waals surface area contributed by atoms with E-state index in [2.05, 4.69) is 20.7 Å². The molecule has 2 fully saturated rings. The Morgan fingerprint density at radius 3 is 2.97 bits per heavy atom. The first-order chi connectivity index (χ1) is 15.0. The van der Waals surface area contributed by atoms with Crippen LogP contribution in [0.3, 0.4) is 0 Å². The number of aromatic nitrogens is 2. The third-order valence-electron chi connectivity index (χ3n) is 5.28. The molecule has 1 aromatic carbocycles. The Balaban J connectivity index is 1.35. The quantitative estimate of drug-likeness (QED) is 0.566. The van der Waals surface area contributed by atoms with Crippen molar-refractivity contribution in [3.8, 4) is 0 Å². The predicted molar refractivity (Wildman–Crippen MR) is 123 cm³/mol. The first-order valence-corrected chi connectivity index (χ1v) is 11.1. The molecular weight excluding hydrogens is 434 g/mol. The van der Waals surface area contributed by atoms with Crippen molar-refractivity contribution in [3.05, 3.63) is 64.3 Å². The van der Waals surface area contributed by atoms with E-state index in [1.54, 1.807) is 28.9 Å². The van der Waals surface area contributed by atoms with Crippen molar-refractivity contribution in [2.75, 3.05) is 5.32 Å². The van der Waals surface area contributed by atoms with Crippen LogP contribution in [0.25, 0.3) is 11.6 Å². The second-order valence-electron chi connectivity index (χ2n) is 7.43. The molecule has 1 aliphatic carbocycles. The highest BCUT2D eigenvalue weighted by atomic mass is 35.5. The fraction of sp³-hybridized carbons (Fsp3) is 0.182. The molecule has 31 heavy (non-hydrogen) atoms. The Bertz CT molecular complexity index is 1260. The van der Waals surface area contributed by atoms with Crippen molar-refractivity contribution in [2.24, 2.45) is 10.9 Å². The Hall–Kier alpha value is -3.10. The molecule has 0 spiro atoms. The van der Waals surface area contributed by atoms with Crippen LogP contribution in [0.4, 0.5) is 11.4 Å². The van der Waals surface area contributed by atoms with E-state index in [1.165, 1.54) is 11.8 Å². The number of rotatable bonds is 4. The van der Waals surface area contributed by atoms with E-state index in [0.29, 0.717) is 26.5 Å². The molecule has 2 aromatic heterocycles. The molecule has 156 valence electrons. The Morgan fingerprint density at radius 1 is 1.29 bits per heavy atom. The molecule has 0 radical (unpaired) electrons. The lowest BCUT2D eigenvalue weighted by atomic mass is 9.85. The largest absolute Gasteiger partial charge is 0.326 e. The minimum absolute atomic E-state index is 0.0242. The number of thioether (sulfide) groups is 1. The summed E-state index contributed by atoms with van der Waals surface area (Å²) < 4.78 is 1.76. The summed E-state index contributed by atoms with van der Waals surface area (Å²) >= 11 is 7.54.